The van der Waals surface area contributed by atoms with Gasteiger partial charge in [0.25, 0.3) is 0 Å². The van der Waals surface area contributed by atoms with Crippen molar-refractivity contribution in [2.75, 3.05) is 19.8 Å². The van der Waals surface area contributed by atoms with Gasteiger partial charge in [-0.1, -0.05) is 96.1 Å². The van der Waals surface area contributed by atoms with Gasteiger partial charge in [0.1, 0.15) is 24.4 Å². The molecule has 1 fully saturated rings. The fraction of sp³-hybridized carbons (Fsp3) is 0.923. The molecule has 184 valence electrons. The van der Waals surface area contributed by atoms with E-state index in [1.807, 2.05) is 0 Å². The second-order valence-corrected chi connectivity index (χ2v) is 9.10. The third kappa shape index (κ3) is 14.3. The number of aliphatic hydroxyl groups excluding tert-OH is 3. The summed E-state index contributed by atoms with van der Waals surface area (Å²) in [7, 11) is 0. The molecular weight excluding hydrogens is 392 g/mol. The van der Waals surface area contributed by atoms with E-state index < -0.39 is 24.4 Å². The van der Waals surface area contributed by atoms with Gasteiger partial charge < -0.3 is 24.8 Å². The van der Waals surface area contributed by atoms with Gasteiger partial charge in [-0.3, -0.25) is 0 Å². The first kappa shape index (κ1) is 28.6. The van der Waals surface area contributed by atoms with Crippen LogP contribution in [0.1, 0.15) is 110 Å². The Morgan fingerprint density at radius 2 is 1.35 bits per heavy atom. The number of rotatable bonds is 21. The molecule has 5 nitrogen and oxygen atoms in total. The van der Waals surface area contributed by atoms with Crippen LogP contribution in [0.2, 0.25) is 0 Å². The van der Waals surface area contributed by atoms with Gasteiger partial charge in [0.05, 0.1) is 13.2 Å². The molecule has 0 aromatic rings. The maximum absolute atomic E-state index is 9.91. The van der Waals surface area contributed by atoms with Gasteiger partial charge in [0.15, 0.2) is 0 Å². The average Bonchev–Trinajstić information content (AvgIpc) is 3.15. The molecule has 0 aromatic carbocycles. The maximum atomic E-state index is 9.91. The molecule has 1 rings (SSSR count). The van der Waals surface area contributed by atoms with Gasteiger partial charge in [-0.05, 0) is 25.7 Å². The lowest BCUT2D eigenvalue weighted by molar-refractivity contribution is -0.0938. The van der Waals surface area contributed by atoms with Crippen LogP contribution in [0.5, 0.6) is 0 Å². The van der Waals surface area contributed by atoms with Crippen LogP contribution in [0.3, 0.4) is 0 Å². The first-order valence-electron chi connectivity index (χ1n) is 13.1. The minimum Gasteiger partial charge on any atom is -0.394 e. The van der Waals surface area contributed by atoms with Gasteiger partial charge >= 0.3 is 0 Å². The Kier molecular flexibility index (Phi) is 18.6. The molecule has 3 N–H and O–H groups in total. The first-order chi connectivity index (χ1) is 15.2. The van der Waals surface area contributed by atoms with Gasteiger partial charge in [-0.25, -0.2) is 0 Å². The SMILES string of the molecule is CCC/C=C/CCCCCCCCCCCCCCCO[C@H]1[C@@H]([C@H](O)CO)OC[C@@H]1O. The summed E-state index contributed by atoms with van der Waals surface area (Å²) in [6.45, 7) is 2.57. The van der Waals surface area contributed by atoms with Crippen molar-refractivity contribution in [3.63, 3.8) is 0 Å². The van der Waals surface area contributed by atoms with Crippen molar-refractivity contribution in [2.24, 2.45) is 0 Å². The summed E-state index contributed by atoms with van der Waals surface area (Å²) in [5.74, 6) is 0. The van der Waals surface area contributed by atoms with Crippen LogP contribution >= 0.6 is 0 Å². The molecule has 0 spiro atoms. The summed E-state index contributed by atoms with van der Waals surface area (Å²) in [6.07, 6.45) is 22.5. The molecule has 4 atom stereocenters. The Hall–Kier alpha value is -0.460. The lowest BCUT2D eigenvalue weighted by Gasteiger charge is -2.23. The van der Waals surface area contributed by atoms with Gasteiger partial charge in [-0.15, -0.1) is 0 Å². The van der Waals surface area contributed by atoms with Gasteiger partial charge in [0, 0.05) is 6.61 Å². The standard InChI is InChI=1S/C26H50O5/c1-2-3-4-5-6-7-8-9-10-11-12-13-14-15-16-17-18-19-20-30-26-24(29)22-31-25(26)23(28)21-27/h4-5,23-29H,2-3,6-22H2,1H3/b5-4+/t23-,24+,25-,26-/m1/s1. The van der Waals surface area contributed by atoms with E-state index in [2.05, 4.69) is 19.1 Å². The summed E-state index contributed by atoms with van der Waals surface area (Å²) in [5, 5.41) is 28.7. The van der Waals surface area contributed by atoms with E-state index in [0.717, 1.165) is 12.8 Å². The predicted octanol–water partition coefficient (Wildman–Crippen LogP) is 5.30. The van der Waals surface area contributed by atoms with Crippen molar-refractivity contribution >= 4 is 0 Å². The molecule has 0 bridgehead atoms. The van der Waals surface area contributed by atoms with Crippen LogP contribution in [-0.4, -0.2) is 59.6 Å². The molecule has 1 heterocycles. The van der Waals surface area contributed by atoms with E-state index in [1.54, 1.807) is 0 Å². The van der Waals surface area contributed by atoms with Crippen molar-refractivity contribution in [3.8, 4) is 0 Å². The third-order valence-corrected chi connectivity index (χ3v) is 6.18. The normalized spacial score (nSPS) is 22.5. The largest absolute Gasteiger partial charge is 0.394 e. The van der Waals surface area contributed by atoms with Crippen molar-refractivity contribution < 1.29 is 24.8 Å². The Balaban J connectivity index is 1.81. The van der Waals surface area contributed by atoms with Crippen LogP contribution in [0, 0.1) is 0 Å². The molecule has 0 amide bonds. The molecule has 0 aromatic heterocycles. The quantitative estimate of drug-likeness (QED) is 0.166. The third-order valence-electron chi connectivity index (χ3n) is 6.18. The van der Waals surface area contributed by atoms with Crippen molar-refractivity contribution in [1.29, 1.82) is 0 Å². The number of aliphatic hydroxyl groups is 3. The van der Waals surface area contributed by atoms with Crippen LogP contribution in [0.4, 0.5) is 0 Å². The molecule has 5 heteroatoms. The highest BCUT2D eigenvalue weighted by Crippen LogP contribution is 2.21. The van der Waals surface area contributed by atoms with Gasteiger partial charge in [-0.2, -0.15) is 0 Å². The zero-order valence-electron chi connectivity index (χ0n) is 20.1. The van der Waals surface area contributed by atoms with E-state index in [0.29, 0.717) is 6.61 Å². The van der Waals surface area contributed by atoms with Crippen LogP contribution < -0.4 is 0 Å². The lowest BCUT2D eigenvalue weighted by atomic mass is 10.0. The number of hydrogen-bond acceptors (Lipinski definition) is 5. The van der Waals surface area contributed by atoms with E-state index in [-0.39, 0.29) is 13.2 Å². The Labute approximate surface area is 191 Å². The summed E-state index contributed by atoms with van der Waals surface area (Å²) >= 11 is 0. The summed E-state index contributed by atoms with van der Waals surface area (Å²) in [5.41, 5.74) is 0. The number of unbranched alkanes of at least 4 members (excludes halogenated alkanes) is 14. The van der Waals surface area contributed by atoms with Crippen LogP contribution in [0.15, 0.2) is 12.2 Å². The molecule has 0 radical (unpaired) electrons. The highest BCUT2D eigenvalue weighted by Gasteiger charge is 2.40. The second kappa shape index (κ2) is 20.2. The zero-order valence-corrected chi connectivity index (χ0v) is 20.1. The Morgan fingerprint density at radius 3 is 1.90 bits per heavy atom. The minimum absolute atomic E-state index is 0.156. The molecule has 1 saturated heterocycles. The van der Waals surface area contributed by atoms with E-state index >= 15 is 0 Å². The lowest BCUT2D eigenvalue weighted by Crippen LogP contribution is -2.42. The number of ether oxygens (including phenoxy) is 2. The fourth-order valence-corrected chi connectivity index (χ4v) is 4.19. The molecule has 0 aliphatic carbocycles. The van der Waals surface area contributed by atoms with Crippen molar-refractivity contribution in [3.05, 3.63) is 12.2 Å². The van der Waals surface area contributed by atoms with Crippen molar-refractivity contribution in [1.82, 2.24) is 0 Å². The second-order valence-electron chi connectivity index (χ2n) is 9.10. The van der Waals surface area contributed by atoms with E-state index in [4.69, 9.17) is 14.6 Å². The number of allylic oxidation sites excluding steroid dienone is 2. The molecule has 1 aliphatic rings. The van der Waals surface area contributed by atoms with Crippen LogP contribution in [0.25, 0.3) is 0 Å². The molecule has 31 heavy (non-hydrogen) atoms. The molecule has 0 unspecified atom stereocenters. The zero-order chi connectivity index (χ0) is 22.6. The summed E-state index contributed by atoms with van der Waals surface area (Å²) in [6, 6.07) is 0. The van der Waals surface area contributed by atoms with Gasteiger partial charge in [0.2, 0.25) is 0 Å². The van der Waals surface area contributed by atoms with Crippen molar-refractivity contribution in [2.45, 2.75) is 134 Å². The smallest absolute Gasteiger partial charge is 0.114 e. The predicted molar refractivity (Wildman–Crippen MR) is 127 cm³/mol. The molecule has 1 aliphatic heterocycles. The topological polar surface area (TPSA) is 79.2 Å². The maximum Gasteiger partial charge on any atom is 0.114 e. The Morgan fingerprint density at radius 1 is 0.839 bits per heavy atom. The average molecular weight is 443 g/mol. The number of hydrogen-bond donors (Lipinski definition) is 3. The van der Waals surface area contributed by atoms with E-state index in [1.165, 1.54) is 89.9 Å². The first-order valence-corrected chi connectivity index (χ1v) is 13.1. The van der Waals surface area contributed by atoms with E-state index in [9.17, 15) is 10.2 Å². The van der Waals surface area contributed by atoms with Crippen LogP contribution in [-0.2, 0) is 9.47 Å². The summed E-state index contributed by atoms with van der Waals surface area (Å²) in [4.78, 5) is 0. The monoisotopic (exact) mass is 442 g/mol. The Bertz CT molecular complexity index is 415. The highest BCUT2D eigenvalue weighted by atomic mass is 16.6. The summed E-state index contributed by atoms with van der Waals surface area (Å²) < 4.78 is 11.1. The fourth-order valence-electron chi connectivity index (χ4n) is 4.19. The molecular formula is C26H50O5. The highest BCUT2D eigenvalue weighted by molar-refractivity contribution is 4.89. The minimum atomic E-state index is -1.00. The molecule has 0 saturated carbocycles.